The van der Waals surface area contributed by atoms with Crippen LogP contribution in [0.15, 0.2) is 36.4 Å². The summed E-state index contributed by atoms with van der Waals surface area (Å²) in [6.07, 6.45) is -1.84. The summed E-state index contributed by atoms with van der Waals surface area (Å²) in [4.78, 5) is 21.3. The van der Waals surface area contributed by atoms with E-state index < -0.39 is 17.8 Å². The number of fused-ring (bicyclic) bond motifs is 2. The number of aryl methyl sites for hydroxylation is 2. The number of piperidine rings is 1. The van der Waals surface area contributed by atoms with E-state index in [1.807, 2.05) is 36.1 Å². The van der Waals surface area contributed by atoms with Crippen molar-refractivity contribution in [1.82, 2.24) is 4.98 Å². The molecule has 1 saturated carbocycles. The molecular formula is C22H24F3N3O. The van der Waals surface area contributed by atoms with E-state index in [9.17, 15) is 18.0 Å². The van der Waals surface area contributed by atoms with Gasteiger partial charge in [0.25, 0.3) is 0 Å². The van der Waals surface area contributed by atoms with Gasteiger partial charge in [0.1, 0.15) is 11.9 Å². The quantitative estimate of drug-likeness (QED) is 0.743. The lowest BCUT2D eigenvalue weighted by Crippen LogP contribution is -2.51. The van der Waals surface area contributed by atoms with Gasteiger partial charge in [-0.2, -0.15) is 13.2 Å². The third-order valence-electron chi connectivity index (χ3n) is 6.09. The summed E-state index contributed by atoms with van der Waals surface area (Å²) in [6.45, 7) is 3.52. The molecule has 1 aliphatic heterocycles. The SMILES string of the molecule is Cc1cccc(N(C)C(=O)[C@@H]2[C@H]3CC[C@H](C3)N2c2cc(C(F)(F)F)cc(C)n2)c1. The van der Waals surface area contributed by atoms with Gasteiger partial charge in [-0.1, -0.05) is 12.1 Å². The second-order valence-electron chi connectivity index (χ2n) is 8.17. The molecular weight excluding hydrogens is 379 g/mol. The Balaban J connectivity index is 1.70. The van der Waals surface area contributed by atoms with Crippen molar-refractivity contribution >= 4 is 17.4 Å². The number of carbonyl (C=O) groups is 1. The lowest BCUT2D eigenvalue weighted by molar-refractivity contribution is -0.137. The third-order valence-corrected chi connectivity index (χ3v) is 6.09. The molecule has 4 nitrogen and oxygen atoms in total. The maximum absolute atomic E-state index is 13.4. The molecule has 1 aromatic heterocycles. The average molecular weight is 403 g/mol. The van der Waals surface area contributed by atoms with Crippen molar-refractivity contribution in [2.24, 2.45) is 5.92 Å². The number of nitrogens with zero attached hydrogens (tertiary/aromatic N) is 3. The van der Waals surface area contributed by atoms with Crippen LogP contribution in [0.3, 0.4) is 0 Å². The number of carbonyl (C=O) groups excluding carboxylic acids is 1. The molecule has 154 valence electrons. The number of benzene rings is 1. The molecule has 0 N–H and O–H groups in total. The smallest absolute Gasteiger partial charge is 0.341 e. The Hall–Kier alpha value is -2.57. The number of likely N-dealkylation sites (N-methyl/N-ethyl adjacent to an activating group) is 1. The third kappa shape index (κ3) is 3.58. The molecule has 2 fully saturated rings. The summed E-state index contributed by atoms with van der Waals surface area (Å²) in [6, 6.07) is 9.35. The van der Waals surface area contributed by atoms with E-state index in [1.165, 1.54) is 0 Å². The van der Waals surface area contributed by atoms with E-state index in [1.54, 1.807) is 18.9 Å². The Kier molecular flexibility index (Phi) is 4.79. The minimum Gasteiger partial charge on any atom is -0.341 e. The second kappa shape index (κ2) is 7.04. The van der Waals surface area contributed by atoms with Gasteiger partial charge >= 0.3 is 6.18 Å². The first-order valence-electron chi connectivity index (χ1n) is 9.83. The fraction of sp³-hybridized carbons (Fsp3) is 0.455. The lowest BCUT2D eigenvalue weighted by atomic mass is 9.97. The molecule has 1 aliphatic carbocycles. The molecule has 0 radical (unpaired) electrons. The van der Waals surface area contributed by atoms with Crippen LogP contribution in [0.1, 0.15) is 36.1 Å². The predicted molar refractivity (Wildman–Crippen MR) is 106 cm³/mol. The van der Waals surface area contributed by atoms with Crippen LogP contribution in [0.5, 0.6) is 0 Å². The summed E-state index contributed by atoms with van der Waals surface area (Å²) in [5, 5.41) is 0. The van der Waals surface area contributed by atoms with Crippen molar-refractivity contribution in [2.75, 3.05) is 16.8 Å². The summed E-state index contributed by atoms with van der Waals surface area (Å²) >= 11 is 0. The van der Waals surface area contributed by atoms with E-state index >= 15 is 0 Å². The molecule has 1 saturated heterocycles. The van der Waals surface area contributed by atoms with Crippen LogP contribution in [0.4, 0.5) is 24.7 Å². The number of halogens is 3. The second-order valence-corrected chi connectivity index (χ2v) is 8.17. The summed E-state index contributed by atoms with van der Waals surface area (Å²) < 4.78 is 40.0. The highest BCUT2D eigenvalue weighted by atomic mass is 19.4. The fourth-order valence-corrected chi connectivity index (χ4v) is 4.74. The van der Waals surface area contributed by atoms with Gasteiger partial charge in [0.05, 0.1) is 5.56 Å². The molecule has 0 unspecified atom stereocenters. The number of rotatable bonds is 3. The Bertz CT molecular complexity index is 943. The van der Waals surface area contributed by atoms with E-state index in [0.29, 0.717) is 5.69 Å². The van der Waals surface area contributed by atoms with Crippen LogP contribution in [0, 0.1) is 19.8 Å². The highest BCUT2D eigenvalue weighted by Gasteiger charge is 2.51. The van der Waals surface area contributed by atoms with Gasteiger partial charge < -0.3 is 9.80 Å². The zero-order chi connectivity index (χ0) is 20.9. The van der Waals surface area contributed by atoms with Crippen molar-refractivity contribution in [3.8, 4) is 0 Å². The number of hydrogen-bond donors (Lipinski definition) is 0. The molecule has 1 amide bonds. The van der Waals surface area contributed by atoms with Crippen LogP contribution < -0.4 is 9.80 Å². The number of anilines is 2. The maximum Gasteiger partial charge on any atom is 0.416 e. The van der Waals surface area contributed by atoms with E-state index in [-0.39, 0.29) is 23.7 Å². The predicted octanol–water partition coefficient (Wildman–Crippen LogP) is 4.74. The molecule has 0 spiro atoms. The van der Waals surface area contributed by atoms with Crippen LogP contribution >= 0.6 is 0 Å². The van der Waals surface area contributed by atoms with Gasteiger partial charge in [-0.25, -0.2) is 4.98 Å². The summed E-state index contributed by atoms with van der Waals surface area (Å²) in [5.41, 5.74) is 1.41. The molecule has 2 bridgehead atoms. The molecule has 2 heterocycles. The minimum atomic E-state index is -4.45. The topological polar surface area (TPSA) is 36.4 Å². The Morgan fingerprint density at radius 2 is 1.93 bits per heavy atom. The first-order chi connectivity index (χ1) is 13.6. The summed E-state index contributed by atoms with van der Waals surface area (Å²) in [5.74, 6) is 0.289. The van der Waals surface area contributed by atoms with Crippen molar-refractivity contribution in [3.05, 3.63) is 53.2 Å². The Labute approximate surface area is 168 Å². The highest BCUT2D eigenvalue weighted by molar-refractivity contribution is 5.99. The van der Waals surface area contributed by atoms with Gasteiger partial charge in [-0.3, -0.25) is 4.79 Å². The van der Waals surface area contributed by atoms with Crippen LogP contribution in [0.2, 0.25) is 0 Å². The summed E-state index contributed by atoms with van der Waals surface area (Å²) in [7, 11) is 1.73. The van der Waals surface area contributed by atoms with E-state index in [2.05, 4.69) is 4.98 Å². The lowest BCUT2D eigenvalue weighted by Gasteiger charge is -2.37. The number of amides is 1. The number of aromatic nitrogens is 1. The van der Waals surface area contributed by atoms with Crippen LogP contribution in [-0.4, -0.2) is 30.0 Å². The number of pyridine rings is 1. The van der Waals surface area contributed by atoms with Crippen molar-refractivity contribution in [1.29, 1.82) is 0 Å². The van der Waals surface area contributed by atoms with Crippen molar-refractivity contribution in [2.45, 2.75) is 51.4 Å². The molecule has 4 rings (SSSR count). The maximum atomic E-state index is 13.4. The van der Waals surface area contributed by atoms with Crippen LogP contribution in [-0.2, 0) is 11.0 Å². The molecule has 7 heteroatoms. The first-order valence-corrected chi connectivity index (χ1v) is 9.83. The number of alkyl halides is 3. The Morgan fingerprint density at radius 1 is 1.17 bits per heavy atom. The van der Waals surface area contributed by atoms with Crippen molar-refractivity contribution in [3.63, 3.8) is 0 Å². The standard InChI is InChI=1S/C22H24F3N3O/c1-13-5-4-6-17(9-13)27(3)21(29)20-15-7-8-18(11-15)28(20)19-12-16(22(23,24)25)10-14(2)26-19/h4-6,9-10,12,15,18,20H,7-8,11H2,1-3H3/t15-,18+,20-/m0/s1. The first kappa shape index (κ1) is 19.7. The largest absolute Gasteiger partial charge is 0.416 e. The molecule has 3 atom stereocenters. The van der Waals surface area contributed by atoms with Gasteiger partial charge in [0.15, 0.2) is 0 Å². The van der Waals surface area contributed by atoms with Crippen molar-refractivity contribution < 1.29 is 18.0 Å². The zero-order valence-corrected chi connectivity index (χ0v) is 16.7. The molecule has 2 aliphatic rings. The Morgan fingerprint density at radius 3 is 2.62 bits per heavy atom. The van der Waals surface area contributed by atoms with E-state index in [4.69, 9.17) is 0 Å². The molecule has 1 aromatic carbocycles. The molecule has 2 aromatic rings. The normalized spacial score (nSPS) is 23.5. The van der Waals surface area contributed by atoms with Gasteiger partial charge in [-0.15, -0.1) is 0 Å². The highest BCUT2D eigenvalue weighted by Crippen LogP contribution is 2.46. The van der Waals surface area contributed by atoms with Crippen LogP contribution in [0.25, 0.3) is 0 Å². The molecule has 29 heavy (non-hydrogen) atoms. The minimum absolute atomic E-state index is 0.0512. The van der Waals surface area contributed by atoms with Gasteiger partial charge in [0.2, 0.25) is 5.91 Å². The number of hydrogen-bond acceptors (Lipinski definition) is 3. The van der Waals surface area contributed by atoms with Gasteiger partial charge in [0, 0.05) is 24.5 Å². The van der Waals surface area contributed by atoms with E-state index in [0.717, 1.165) is 42.6 Å². The zero-order valence-electron chi connectivity index (χ0n) is 16.7. The fourth-order valence-electron chi connectivity index (χ4n) is 4.74. The van der Waals surface area contributed by atoms with Gasteiger partial charge in [-0.05, 0) is 68.9 Å². The monoisotopic (exact) mass is 403 g/mol. The average Bonchev–Trinajstić information content (AvgIpc) is 3.27.